The monoisotopic (exact) mass is 501 g/mol. The third-order valence-electron chi connectivity index (χ3n) is 7.70. The van der Waals surface area contributed by atoms with Crippen LogP contribution in [0.15, 0.2) is 24.3 Å². The molecule has 3 heterocycles. The van der Waals surface area contributed by atoms with E-state index >= 15 is 0 Å². The number of aliphatic hydroxyl groups excluding tert-OH is 1. The minimum atomic E-state index is -1.00. The molecule has 3 fully saturated rings. The molecule has 3 amide bonds. The van der Waals surface area contributed by atoms with Crippen LogP contribution in [-0.4, -0.2) is 71.3 Å². The Morgan fingerprint density at radius 1 is 1.22 bits per heavy atom. The third kappa shape index (κ3) is 4.83. The van der Waals surface area contributed by atoms with Crippen LogP contribution in [0.1, 0.15) is 59.3 Å². The van der Waals surface area contributed by atoms with Gasteiger partial charge in [0.2, 0.25) is 17.7 Å². The molecule has 0 radical (unpaired) electrons. The largest absolute Gasteiger partial charge is 0.494 e. The highest BCUT2D eigenvalue weighted by atomic mass is 16.5. The van der Waals surface area contributed by atoms with Gasteiger partial charge in [-0.2, -0.15) is 0 Å². The van der Waals surface area contributed by atoms with Crippen molar-refractivity contribution in [3.8, 4) is 5.75 Å². The number of carbonyl (C=O) groups is 3. The average Bonchev–Trinajstić information content (AvgIpc) is 3.48. The summed E-state index contributed by atoms with van der Waals surface area (Å²) in [5.41, 5.74) is -0.383. The number of aliphatic hydroxyl groups is 1. The summed E-state index contributed by atoms with van der Waals surface area (Å²) < 4.78 is 11.9. The first-order valence-electron chi connectivity index (χ1n) is 13.3. The van der Waals surface area contributed by atoms with Gasteiger partial charge in [0, 0.05) is 24.9 Å². The molecular formula is C27H39N3O6. The Morgan fingerprint density at radius 2 is 1.97 bits per heavy atom. The zero-order valence-electron chi connectivity index (χ0n) is 21.5. The van der Waals surface area contributed by atoms with Crippen molar-refractivity contribution in [3.63, 3.8) is 0 Å². The van der Waals surface area contributed by atoms with E-state index in [-0.39, 0.29) is 30.4 Å². The van der Waals surface area contributed by atoms with Crippen LogP contribution in [0.2, 0.25) is 0 Å². The van der Waals surface area contributed by atoms with E-state index in [1.165, 1.54) is 0 Å². The van der Waals surface area contributed by atoms with E-state index in [1.807, 2.05) is 13.8 Å². The topological polar surface area (TPSA) is 117 Å². The minimum absolute atomic E-state index is 0.0205. The summed E-state index contributed by atoms with van der Waals surface area (Å²) in [6.45, 7) is 6.85. The van der Waals surface area contributed by atoms with E-state index < -0.39 is 29.6 Å². The van der Waals surface area contributed by atoms with Crippen LogP contribution in [0, 0.1) is 11.8 Å². The lowest BCUT2D eigenvalue weighted by Gasteiger charge is -2.34. The van der Waals surface area contributed by atoms with Gasteiger partial charge in [-0.1, -0.05) is 13.3 Å². The van der Waals surface area contributed by atoms with Crippen molar-refractivity contribution in [1.29, 1.82) is 0 Å². The van der Waals surface area contributed by atoms with E-state index in [1.54, 1.807) is 29.2 Å². The quantitative estimate of drug-likeness (QED) is 0.379. The number of nitrogens with one attached hydrogen (secondary N) is 2. The number of fused-ring (bicyclic) bond motifs is 1. The molecular weight excluding hydrogens is 462 g/mol. The Bertz CT molecular complexity index is 953. The van der Waals surface area contributed by atoms with Crippen LogP contribution in [0.4, 0.5) is 5.69 Å². The Labute approximate surface area is 212 Å². The van der Waals surface area contributed by atoms with Gasteiger partial charge in [0.05, 0.1) is 24.5 Å². The van der Waals surface area contributed by atoms with Crippen LogP contribution in [0.3, 0.4) is 0 Å². The van der Waals surface area contributed by atoms with E-state index in [9.17, 15) is 19.5 Å². The van der Waals surface area contributed by atoms with Crippen molar-refractivity contribution in [3.05, 3.63) is 24.3 Å². The number of nitrogens with zero attached hydrogens (tertiary/aromatic N) is 1. The van der Waals surface area contributed by atoms with Gasteiger partial charge in [-0.25, -0.2) is 0 Å². The lowest BCUT2D eigenvalue weighted by molar-refractivity contribution is -0.141. The fourth-order valence-corrected chi connectivity index (χ4v) is 6.24. The molecule has 3 aliphatic heterocycles. The summed E-state index contributed by atoms with van der Waals surface area (Å²) in [5, 5.41) is 15.3. The molecule has 3 saturated heterocycles. The number of unbranched alkanes of at least 4 members (excludes halogenated alkanes) is 1. The molecule has 4 rings (SSSR count). The normalized spacial score (nSPS) is 29.2. The summed E-state index contributed by atoms with van der Waals surface area (Å²) >= 11 is 0. The standard InChI is InChI=1S/C27H39N3O6/c1-4-8-17(3)28-25(33)23-27-14-13-20(36-27)21(22(27)26(34)30(23)15-6-7-16-31)24(32)29-18-9-11-19(12-10-18)35-5-2/h9-12,17,20-23,31H,4-8,13-16H2,1-3H3,(H,28,33)(H,29,32)/t17?,20-,21+,22-,23?,27?/m0/s1. The first-order valence-corrected chi connectivity index (χ1v) is 13.3. The molecule has 9 heteroatoms. The highest BCUT2D eigenvalue weighted by Gasteiger charge is 2.74. The maximum Gasteiger partial charge on any atom is 0.246 e. The minimum Gasteiger partial charge on any atom is -0.494 e. The zero-order chi connectivity index (χ0) is 25.9. The van der Waals surface area contributed by atoms with Crippen LogP contribution in [-0.2, 0) is 19.1 Å². The maximum atomic E-state index is 13.8. The van der Waals surface area contributed by atoms with Gasteiger partial charge < -0.3 is 30.1 Å². The molecule has 1 aromatic rings. The summed E-state index contributed by atoms with van der Waals surface area (Å²) in [4.78, 5) is 42.4. The number of ether oxygens (including phenoxy) is 2. The Kier molecular flexibility index (Phi) is 8.20. The predicted molar refractivity (Wildman–Crippen MR) is 134 cm³/mol. The lowest BCUT2D eigenvalue weighted by Crippen LogP contribution is -2.56. The fourth-order valence-electron chi connectivity index (χ4n) is 6.24. The summed E-state index contributed by atoms with van der Waals surface area (Å²) in [5.74, 6) is -1.34. The zero-order valence-corrected chi connectivity index (χ0v) is 21.5. The molecule has 3 N–H and O–H groups in total. The van der Waals surface area contributed by atoms with Gasteiger partial charge in [0.15, 0.2) is 0 Å². The molecule has 6 atom stereocenters. The number of likely N-dealkylation sites (tertiary alicyclic amines) is 1. The molecule has 3 aliphatic rings. The van der Waals surface area contributed by atoms with Crippen molar-refractivity contribution in [1.82, 2.24) is 10.2 Å². The van der Waals surface area contributed by atoms with Gasteiger partial charge in [-0.15, -0.1) is 0 Å². The molecule has 0 aliphatic carbocycles. The van der Waals surface area contributed by atoms with Gasteiger partial charge in [0.1, 0.15) is 17.4 Å². The summed E-state index contributed by atoms with van der Waals surface area (Å²) in [7, 11) is 0. The summed E-state index contributed by atoms with van der Waals surface area (Å²) in [6.07, 6.45) is 3.68. The molecule has 1 spiro atoms. The second kappa shape index (κ2) is 11.2. The van der Waals surface area contributed by atoms with E-state index in [4.69, 9.17) is 9.47 Å². The molecule has 198 valence electrons. The molecule has 0 saturated carbocycles. The third-order valence-corrected chi connectivity index (χ3v) is 7.70. The molecule has 3 unspecified atom stereocenters. The second-order valence-corrected chi connectivity index (χ2v) is 10.2. The highest BCUT2D eigenvalue weighted by Crippen LogP contribution is 2.58. The maximum absolute atomic E-state index is 13.8. The Balaban J connectivity index is 1.57. The van der Waals surface area contributed by atoms with Gasteiger partial charge in [0.25, 0.3) is 0 Å². The van der Waals surface area contributed by atoms with Crippen molar-refractivity contribution < 1.29 is 29.0 Å². The number of rotatable bonds is 12. The van der Waals surface area contributed by atoms with Crippen LogP contribution >= 0.6 is 0 Å². The number of carbonyl (C=O) groups excluding carboxylic acids is 3. The van der Waals surface area contributed by atoms with Gasteiger partial charge in [-0.05, 0) is 70.2 Å². The van der Waals surface area contributed by atoms with E-state index in [2.05, 4.69) is 17.6 Å². The molecule has 2 bridgehead atoms. The number of benzene rings is 1. The number of hydrogen-bond donors (Lipinski definition) is 3. The van der Waals surface area contributed by atoms with E-state index in [0.29, 0.717) is 50.3 Å². The van der Waals surface area contributed by atoms with Crippen molar-refractivity contribution >= 4 is 23.4 Å². The second-order valence-electron chi connectivity index (χ2n) is 10.2. The van der Waals surface area contributed by atoms with Crippen LogP contribution in [0.25, 0.3) is 0 Å². The number of amides is 3. The summed E-state index contributed by atoms with van der Waals surface area (Å²) in [6, 6.07) is 6.33. The number of hydrogen-bond acceptors (Lipinski definition) is 6. The molecule has 0 aromatic heterocycles. The first-order chi connectivity index (χ1) is 17.4. The van der Waals surface area contributed by atoms with Gasteiger partial charge in [-0.3, -0.25) is 14.4 Å². The first kappa shape index (κ1) is 26.4. The van der Waals surface area contributed by atoms with Crippen LogP contribution < -0.4 is 15.4 Å². The highest BCUT2D eigenvalue weighted by molar-refractivity contribution is 6.02. The molecule has 36 heavy (non-hydrogen) atoms. The Morgan fingerprint density at radius 3 is 2.64 bits per heavy atom. The fraction of sp³-hybridized carbons (Fsp3) is 0.667. The number of anilines is 1. The van der Waals surface area contributed by atoms with Crippen molar-refractivity contribution in [2.24, 2.45) is 11.8 Å². The Hall–Kier alpha value is -2.65. The van der Waals surface area contributed by atoms with E-state index in [0.717, 1.165) is 12.8 Å². The smallest absolute Gasteiger partial charge is 0.246 e. The predicted octanol–water partition coefficient (Wildman–Crippen LogP) is 2.48. The van der Waals surface area contributed by atoms with Gasteiger partial charge >= 0.3 is 0 Å². The molecule has 9 nitrogen and oxygen atoms in total. The van der Waals surface area contributed by atoms with Crippen LogP contribution in [0.5, 0.6) is 5.75 Å². The van der Waals surface area contributed by atoms with Crippen molar-refractivity contribution in [2.45, 2.75) is 83.1 Å². The average molecular weight is 502 g/mol. The lowest BCUT2D eigenvalue weighted by atomic mass is 9.70. The molecule has 1 aromatic carbocycles. The van der Waals surface area contributed by atoms with Crippen molar-refractivity contribution in [2.75, 3.05) is 25.1 Å². The SMILES string of the molecule is CCCC(C)NC(=O)C1N(CCCCO)C(=O)[C@@H]2[C@H](C(=O)Nc3ccc(OCC)cc3)[C@@H]3CCC12O3.